The standard InChI is InChI=1S/C14H16N2O/c1-10-8-14(16-7-6-11(17)9-16)12-4-2-3-5-13(12)15-10/h2-5,8,11,17H,6-7,9H2,1H3. The predicted molar refractivity (Wildman–Crippen MR) is 69.3 cm³/mol. The first-order valence-electron chi connectivity index (χ1n) is 6.03. The van der Waals surface area contributed by atoms with Gasteiger partial charge in [0.2, 0.25) is 0 Å². The topological polar surface area (TPSA) is 36.4 Å². The Balaban J connectivity index is 2.14. The number of benzene rings is 1. The van der Waals surface area contributed by atoms with Gasteiger partial charge in [0.05, 0.1) is 11.6 Å². The number of β-amino-alcohol motifs (C(OH)–C–C–N with tert-alkyl or cyclic N) is 1. The maximum Gasteiger partial charge on any atom is 0.0731 e. The zero-order valence-electron chi connectivity index (χ0n) is 9.93. The van der Waals surface area contributed by atoms with Gasteiger partial charge in [-0.3, -0.25) is 4.98 Å². The smallest absolute Gasteiger partial charge is 0.0731 e. The van der Waals surface area contributed by atoms with Gasteiger partial charge in [0.25, 0.3) is 0 Å². The van der Waals surface area contributed by atoms with Gasteiger partial charge in [0, 0.05) is 29.9 Å². The van der Waals surface area contributed by atoms with E-state index in [2.05, 4.69) is 22.0 Å². The van der Waals surface area contributed by atoms with Gasteiger partial charge in [-0.25, -0.2) is 0 Å². The molecule has 0 spiro atoms. The maximum atomic E-state index is 9.64. The van der Waals surface area contributed by atoms with Crippen LogP contribution in [0.3, 0.4) is 0 Å². The van der Waals surface area contributed by atoms with Crippen molar-refractivity contribution in [1.82, 2.24) is 4.98 Å². The Hall–Kier alpha value is -1.61. The van der Waals surface area contributed by atoms with Crippen LogP contribution in [0.5, 0.6) is 0 Å². The highest BCUT2D eigenvalue weighted by molar-refractivity contribution is 5.92. The van der Waals surface area contributed by atoms with E-state index in [1.54, 1.807) is 0 Å². The van der Waals surface area contributed by atoms with Crippen LogP contribution < -0.4 is 4.90 Å². The minimum absolute atomic E-state index is 0.192. The molecular formula is C14H16N2O. The first-order chi connectivity index (χ1) is 8.24. The highest BCUT2D eigenvalue weighted by atomic mass is 16.3. The number of fused-ring (bicyclic) bond motifs is 1. The zero-order chi connectivity index (χ0) is 11.8. The number of anilines is 1. The Morgan fingerprint density at radius 3 is 2.94 bits per heavy atom. The van der Waals surface area contributed by atoms with Gasteiger partial charge in [-0.1, -0.05) is 18.2 Å². The fraction of sp³-hybridized carbons (Fsp3) is 0.357. The molecule has 0 radical (unpaired) electrons. The predicted octanol–water partition coefficient (Wildman–Crippen LogP) is 2.11. The lowest BCUT2D eigenvalue weighted by atomic mass is 10.1. The normalized spacial score (nSPS) is 20.1. The van der Waals surface area contributed by atoms with Crippen LogP contribution in [0, 0.1) is 6.92 Å². The molecule has 3 rings (SSSR count). The Labute approximate surface area is 101 Å². The van der Waals surface area contributed by atoms with Gasteiger partial charge < -0.3 is 10.0 Å². The van der Waals surface area contributed by atoms with Crippen molar-refractivity contribution in [2.45, 2.75) is 19.4 Å². The van der Waals surface area contributed by atoms with Crippen LogP contribution in [-0.2, 0) is 0 Å². The molecule has 1 N–H and O–H groups in total. The minimum Gasteiger partial charge on any atom is -0.391 e. The molecule has 0 saturated carbocycles. The number of aryl methyl sites for hydroxylation is 1. The van der Waals surface area contributed by atoms with Crippen LogP contribution in [0.25, 0.3) is 10.9 Å². The van der Waals surface area contributed by atoms with E-state index in [4.69, 9.17) is 0 Å². The van der Waals surface area contributed by atoms with Gasteiger partial charge in [0.1, 0.15) is 0 Å². The Bertz CT molecular complexity index is 553. The molecule has 1 aromatic carbocycles. The van der Waals surface area contributed by atoms with Gasteiger partial charge >= 0.3 is 0 Å². The molecule has 1 saturated heterocycles. The number of pyridine rings is 1. The second-order valence-electron chi connectivity index (χ2n) is 4.69. The number of hydrogen-bond acceptors (Lipinski definition) is 3. The van der Waals surface area contributed by atoms with E-state index in [0.717, 1.165) is 30.7 Å². The summed E-state index contributed by atoms with van der Waals surface area (Å²) in [6, 6.07) is 10.3. The summed E-state index contributed by atoms with van der Waals surface area (Å²) in [5, 5.41) is 10.8. The van der Waals surface area contributed by atoms with E-state index < -0.39 is 0 Å². The number of aliphatic hydroxyl groups is 1. The molecular weight excluding hydrogens is 212 g/mol. The lowest BCUT2D eigenvalue weighted by molar-refractivity contribution is 0.198. The van der Waals surface area contributed by atoms with E-state index >= 15 is 0 Å². The van der Waals surface area contributed by atoms with E-state index in [-0.39, 0.29) is 6.10 Å². The summed E-state index contributed by atoms with van der Waals surface area (Å²) in [5.74, 6) is 0. The quantitative estimate of drug-likeness (QED) is 0.812. The van der Waals surface area contributed by atoms with Crippen molar-refractivity contribution in [1.29, 1.82) is 0 Å². The maximum absolute atomic E-state index is 9.64. The second kappa shape index (κ2) is 4.00. The molecule has 1 aliphatic rings. The molecule has 0 aliphatic carbocycles. The number of aliphatic hydroxyl groups excluding tert-OH is 1. The molecule has 3 nitrogen and oxygen atoms in total. The Morgan fingerprint density at radius 1 is 1.35 bits per heavy atom. The van der Waals surface area contributed by atoms with Crippen molar-refractivity contribution < 1.29 is 5.11 Å². The molecule has 1 atom stereocenters. The molecule has 0 amide bonds. The molecule has 88 valence electrons. The average Bonchev–Trinajstić information content (AvgIpc) is 2.74. The molecule has 1 aliphatic heterocycles. The molecule has 2 heterocycles. The van der Waals surface area contributed by atoms with Crippen LogP contribution in [0.1, 0.15) is 12.1 Å². The lowest BCUT2D eigenvalue weighted by Gasteiger charge is -2.20. The Kier molecular flexibility index (Phi) is 2.48. The van der Waals surface area contributed by atoms with Crippen LogP contribution in [0.2, 0.25) is 0 Å². The lowest BCUT2D eigenvalue weighted by Crippen LogP contribution is -2.21. The summed E-state index contributed by atoms with van der Waals surface area (Å²) in [6.07, 6.45) is 0.664. The number of hydrogen-bond donors (Lipinski definition) is 1. The molecule has 1 unspecified atom stereocenters. The number of para-hydroxylation sites is 1. The zero-order valence-corrected chi connectivity index (χ0v) is 9.93. The third-order valence-electron chi connectivity index (χ3n) is 3.33. The number of aromatic nitrogens is 1. The van der Waals surface area contributed by atoms with E-state index in [1.807, 2.05) is 25.1 Å². The van der Waals surface area contributed by atoms with Crippen LogP contribution in [-0.4, -0.2) is 29.3 Å². The molecule has 3 heteroatoms. The minimum atomic E-state index is -0.192. The fourth-order valence-corrected chi connectivity index (χ4v) is 2.51. The van der Waals surface area contributed by atoms with E-state index in [1.165, 1.54) is 11.1 Å². The van der Waals surface area contributed by atoms with Gasteiger partial charge in [-0.05, 0) is 25.5 Å². The van der Waals surface area contributed by atoms with Gasteiger partial charge in [0.15, 0.2) is 0 Å². The summed E-state index contributed by atoms with van der Waals surface area (Å²) < 4.78 is 0. The van der Waals surface area contributed by atoms with Crippen LogP contribution >= 0.6 is 0 Å². The number of rotatable bonds is 1. The van der Waals surface area contributed by atoms with Gasteiger partial charge in [-0.15, -0.1) is 0 Å². The van der Waals surface area contributed by atoms with Gasteiger partial charge in [-0.2, -0.15) is 0 Å². The third kappa shape index (κ3) is 1.87. The first kappa shape index (κ1) is 10.5. The number of nitrogens with zero attached hydrogens (tertiary/aromatic N) is 2. The molecule has 1 fully saturated rings. The monoisotopic (exact) mass is 228 g/mol. The third-order valence-corrected chi connectivity index (χ3v) is 3.33. The van der Waals surface area contributed by atoms with Crippen molar-refractivity contribution in [3.05, 3.63) is 36.0 Å². The Morgan fingerprint density at radius 2 is 2.18 bits per heavy atom. The fourth-order valence-electron chi connectivity index (χ4n) is 2.51. The van der Waals surface area contributed by atoms with Crippen molar-refractivity contribution in [3.8, 4) is 0 Å². The summed E-state index contributed by atoms with van der Waals surface area (Å²) in [6.45, 7) is 3.67. The van der Waals surface area contributed by atoms with Crippen molar-refractivity contribution >= 4 is 16.6 Å². The molecule has 1 aromatic heterocycles. The summed E-state index contributed by atoms with van der Waals surface area (Å²) in [5.41, 5.74) is 3.26. The molecule has 2 aromatic rings. The molecule has 0 bridgehead atoms. The average molecular weight is 228 g/mol. The largest absolute Gasteiger partial charge is 0.391 e. The van der Waals surface area contributed by atoms with Crippen molar-refractivity contribution in [2.75, 3.05) is 18.0 Å². The van der Waals surface area contributed by atoms with Crippen molar-refractivity contribution in [3.63, 3.8) is 0 Å². The summed E-state index contributed by atoms with van der Waals surface area (Å²) in [4.78, 5) is 6.79. The SMILES string of the molecule is Cc1cc(N2CCC(O)C2)c2ccccc2n1. The van der Waals surface area contributed by atoms with Crippen LogP contribution in [0.15, 0.2) is 30.3 Å². The second-order valence-corrected chi connectivity index (χ2v) is 4.69. The van der Waals surface area contributed by atoms with E-state index in [9.17, 15) is 5.11 Å². The first-order valence-corrected chi connectivity index (χ1v) is 6.03. The molecule has 17 heavy (non-hydrogen) atoms. The summed E-state index contributed by atoms with van der Waals surface area (Å²) >= 11 is 0. The summed E-state index contributed by atoms with van der Waals surface area (Å²) in [7, 11) is 0. The highest BCUT2D eigenvalue weighted by Crippen LogP contribution is 2.29. The van der Waals surface area contributed by atoms with E-state index in [0.29, 0.717) is 0 Å². The highest BCUT2D eigenvalue weighted by Gasteiger charge is 2.22. The van der Waals surface area contributed by atoms with Crippen LogP contribution in [0.4, 0.5) is 5.69 Å². The van der Waals surface area contributed by atoms with Crippen molar-refractivity contribution in [2.24, 2.45) is 0 Å².